The first-order valence-electron chi connectivity index (χ1n) is 5.50. The van der Waals surface area contributed by atoms with E-state index in [9.17, 15) is 0 Å². The smallest absolute Gasteiger partial charge is 0.0406 e. The minimum Gasteiger partial charge on any atom is -0.0887 e. The maximum Gasteiger partial charge on any atom is 0.0406 e. The fraction of sp³-hybridized carbons (Fsp3) is 0.538. The molecule has 15 heavy (non-hydrogen) atoms. The Balaban J connectivity index is 2.44. The summed E-state index contributed by atoms with van der Waals surface area (Å²) in [5.74, 6) is 0.793. The van der Waals surface area contributed by atoms with E-state index in [2.05, 4.69) is 41.9 Å². The topological polar surface area (TPSA) is 0 Å². The van der Waals surface area contributed by atoms with Gasteiger partial charge < -0.3 is 0 Å². The molecule has 0 aliphatic heterocycles. The molecule has 2 atom stereocenters. The van der Waals surface area contributed by atoms with Crippen molar-refractivity contribution in [2.45, 2.75) is 37.9 Å². The van der Waals surface area contributed by atoms with Crippen molar-refractivity contribution in [1.29, 1.82) is 0 Å². The van der Waals surface area contributed by atoms with Crippen molar-refractivity contribution in [2.24, 2.45) is 5.92 Å². The van der Waals surface area contributed by atoms with Crippen LogP contribution in [0.3, 0.4) is 0 Å². The largest absolute Gasteiger partial charge is 0.0887 e. The first kappa shape index (κ1) is 13.1. The first-order valence-corrected chi connectivity index (χ1v) is 6.79. The van der Waals surface area contributed by atoms with Crippen molar-refractivity contribution < 1.29 is 0 Å². The standard InChI is InChI=1S/C13H18BrCl/c1-3-10(2)8-12(14)9-11-4-6-13(15)7-5-11/h4-7,10,12H,3,8-9H2,1-2H3. The van der Waals surface area contributed by atoms with Crippen LogP contribution >= 0.6 is 27.5 Å². The van der Waals surface area contributed by atoms with Gasteiger partial charge in [0.05, 0.1) is 0 Å². The van der Waals surface area contributed by atoms with Crippen LogP contribution in [-0.4, -0.2) is 4.83 Å². The number of halogens is 2. The van der Waals surface area contributed by atoms with Crippen LogP contribution in [0.1, 0.15) is 32.3 Å². The molecule has 0 N–H and O–H groups in total. The molecule has 0 radical (unpaired) electrons. The molecule has 0 heterocycles. The van der Waals surface area contributed by atoms with Gasteiger partial charge in [-0.1, -0.05) is 59.9 Å². The highest BCUT2D eigenvalue weighted by molar-refractivity contribution is 9.09. The van der Waals surface area contributed by atoms with Gasteiger partial charge in [-0.25, -0.2) is 0 Å². The summed E-state index contributed by atoms with van der Waals surface area (Å²) in [6.07, 6.45) is 3.57. The van der Waals surface area contributed by atoms with Crippen LogP contribution in [0.15, 0.2) is 24.3 Å². The van der Waals surface area contributed by atoms with Gasteiger partial charge in [-0.3, -0.25) is 0 Å². The number of rotatable bonds is 5. The molecule has 1 rings (SSSR count). The molecule has 0 nitrogen and oxygen atoms in total. The van der Waals surface area contributed by atoms with Crippen molar-refractivity contribution >= 4 is 27.5 Å². The summed E-state index contributed by atoms with van der Waals surface area (Å²) in [5.41, 5.74) is 1.35. The molecule has 0 fully saturated rings. The van der Waals surface area contributed by atoms with Gasteiger partial charge in [0.15, 0.2) is 0 Å². The van der Waals surface area contributed by atoms with Crippen molar-refractivity contribution in [3.05, 3.63) is 34.9 Å². The molecule has 0 bridgehead atoms. The van der Waals surface area contributed by atoms with E-state index in [1.54, 1.807) is 0 Å². The Labute approximate surface area is 106 Å². The third-order valence-corrected chi connectivity index (χ3v) is 3.68. The molecule has 0 aromatic heterocycles. The maximum absolute atomic E-state index is 5.84. The van der Waals surface area contributed by atoms with Gasteiger partial charge in [-0.2, -0.15) is 0 Å². The zero-order valence-electron chi connectivity index (χ0n) is 9.34. The van der Waals surface area contributed by atoms with Crippen LogP contribution in [0.25, 0.3) is 0 Å². The third kappa shape index (κ3) is 5.03. The lowest BCUT2D eigenvalue weighted by atomic mass is 9.99. The maximum atomic E-state index is 5.84. The Kier molecular flexibility index (Phi) is 5.70. The summed E-state index contributed by atoms with van der Waals surface area (Å²) >= 11 is 9.58. The zero-order valence-corrected chi connectivity index (χ0v) is 11.7. The second-order valence-electron chi connectivity index (χ2n) is 4.18. The van der Waals surface area contributed by atoms with E-state index in [0.29, 0.717) is 4.83 Å². The highest BCUT2D eigenvalue weighted by Gasteiger charge is 2.09. The minimum atomic E-state index is 0.577. The van der Waals surface area contributed by atoms with Crippen LogP contribution in [0.4, 0.5) is 0 Å². The lowest BCUT2D eigenvalue weighted by Crippen LogP contribution is -2.07. The Morgan fingerprint density at radius 2 is 1.87 bits per heavy atom. The van der Waals surface area contributed by atoms with Crippen LogP contribution < -0.4 is 0 Å². The van der Waals surface area contributed by atoms with E-state index in [0.717, 1.165) is 17.4 Å². The van der Waals surface area contributed by atoms with E-state index in [-0.39, 0.29) is 0 Å². The monoisotopic (exact) mass is 288 g/mol. The normalized spacial score (nSPS) is 14.9. The molecule has 1 aromatic rings. The average molecular weight is 290 g/mol. The van der Waals surface area contributed by atoms with Gasteiger partial charge in [-0.15, -0.1) is 0 Å². The number of alkyl halides is 1. The molecule has 0 spiro atoms. The molecule has 2 unspecified atom stereocenters. The SMILES string of the molecule is CCC(C)CC(Br)Cc1ccc(Cl)cc1. The molecule has 0 amide bonds. The summed E-state index contributed by atoms with van der Waals surface area (Å²) in [4.78, 5) is 0.577. The lowest BCUT2D eigenvalue weighted by Gasteiger charge is -2.14. The Hall–Kier alpha value is -0.0100. The predicted octanol–water partition coefficient (Wildman–Crippen LogP) is 5.08. The van der Waals surface area contributed by atoms with E-state index < -0.39 is 0 Å². The molecule has 0 aliphatic carbocycles. The van der Waals surface area contributed by atoms with Gasteiger partial charge in [-0.05, 0) is 36.5 Å². The van der Waals surface area contributed by atoms with Gasteiger partial charge in [0.2, 0.25) is 0 Å². The summed E-state index contributed by atoms with van der Waals surface area (Å²) in [6, 6.07) is 8.13. The molecule has 0 aliphatic rings. The van der Waals surface area contributed by atoms with E-state index in [1.165, 1.54) is 18.4 Å². The third-order valence-electron chi connectivity index (χ3n) is 2.73. The lowest BCUT2D eigenvalue weighted by molar-refractivity contribution is 0.507. The van der Waals surface area contributed by atoms with E-state index >= 15 is 0 Å². The van der Waals surface area contributed by atoms with Crippen molar-refractivity contribution in [3.8, 4) is 0 Å². The van der Waals surface area contributed by atoms with Gasteiger partial charge in [0.25, 0.3) is 0 Å². The van der Waals surface area contributed by atoms with Crippen LogP contribution in [0, 0.1) is 5.92 Å². The highest BCUT2D eigenvalue weighted by atomic mass is 79.9. The molecular weight excluding hydrogens is 272 g/mol. The van der Waals surface area contributed by atoms with Gasteiger partial charge in [0.1, 0.15) is 0 Å². The number of benzene rings is 1. The summed E-state index contributed by atoms with van der Waals surface area (Å²) in [5, 5.41) is 0.812. The van der Waals surface area contributed by atoms with Crippen LogP contribution in [0.5, 0.6) is 0 Å². The van der Waals surface area contributed by atoms with Crippen LogP contribution in [-0.2, 0) is 6.42 Å². The fourth-order valence-electron chi connectivity index (χ4n) is 1.56. The van der Waals surface area contributed by atoms with Gasteiger partial charge >= 0.3 is 0 Å². The summed E-state index contributed by atoms with van der Waals surface area (Å²) in [7, 11) is 0. The summed E-state index contributed by atoms with van der Waals surface area (Å²) < 4.78 is 0. The summed E-state index contributed by atoms with van der Waals surface area (Å²) in [6.45, 7) is 4.54. The fourth-order valence-corrected chi connectivity index (χ4v) is 2.70. The number of hydrogen-bond acceptors (Lipinski definition) is 0. The Bertz CT molecular complexity index is 281. The molecular formula is C13H18BrCl. The second-order valence-corrected chi connectivity index (χ2v) is 5.91. The molecule has 84 valence electrons. The zero-order chi connectivity index (χ0) is 11.3. The first-order chi connectivity index (χ1) is 7.11. The number of hydrogen-bond donors (Lipinski definition) is 0. The second kappa shape index (κ2) is 6.55. The quantitative estimate of drug-likeness (QED) is 0.663. The van der Waals surface area contributed by atoms with E-state index in [4.69, 9.17) is 11.6 Å². The van der Waals surface area contributed by atoms with Crippen molar-refractivity contribution in [2.75, 3.05) is 0 Å². The average Bonchev–Trinajstić information content (AvgIpc) is 2.21. The Morgan fingerprint density at radius 3 is 2.40 bits per heavy atom. The molecule has 0 saturated carbocycles. The molecule has 0 saturated heterocycles. The Morgan fingerprint density at radius 1 is 1.27 bits per heavy atom. The highest BCUT2D eigenvalue weighted by Crippen LogP contribution is 2.20. The van der Waals surface area contributed by atoms with Crippen molar-refractivity contribution in [1.82, 2.24) is 0 Å². The predicted molar refractivity (Wildman–Crippen MR) is 71.9 cm³/mol. The van der Waals surface area contributed by atoms with Crippen molar-refractivity contribution in [3.63, 3.8) is 0 Å². The van der Waals surface area contributed by atoms with E-state index in [1.807, 2.05) is 12.1 Å². The molecule has 2 heteroatoms. The van der Waals surface area contributed by atoms with Gasteiger partial charge in [0, 0.05) is 9.85 Å². The van der Waals surface area contributed by atoms with Crippen LogP contribution in [0.2, 0.25) is 5.02 Å². The molecule has 1 aromatic carbocycles. The minimum absolute atomic E-state index is 0.577.